The zero-order valence-corrected chi connectivity index (χ0v) is 13.8. The van der Waals surface area contributed by atoms with E-state index in [1.807, 2.05) is 7.05 Å². The Bertz CT molecular complexity index is 650. The van der Waals surface area contributed by atoms with Gasteiger partial charge >= 0.3 is 0 Å². The molecule has 0 radical (unpaired) electrons. The number of piperidine rings is 1. The first-order valence-corrected chi connectivity index (χ1v) is 8.99. The number of likely N-dealkylation sites (tertiary alicyclic amines) is 1. The Morgan fingerprint density at radius 1 is 1.36 bits per heavy atom. The first-order chi connectivity index (χ1) is 10.4. The Labute approximate surface area is 134 Å². The van der Waals surface area contributed by atoms with Crippen LogP contribution in [0.3, 0.4) is 0 Å². The second-order valence-electron chi connectivity index (χ2n) is 5.69. The van der Waals surface area contributed by atoms with Gasteiger partial charge in [0.05, 0.1) is 23.8 Å². The van der Waals surface area contributed by atoms with Crippen molar-refractivity contribution in [1.29, 1.82) is 0 Å². The summed E-state index contributed by atoms with van der Waals surface area (Å²) in [7, 11) is -2.06. The molecule has 0 aliphatic carbocycles. The average molecular weight is 349 g/mol. The van der Waals surface area contributed by atoms with Crippen LogP contribution < -0.4 is 0 Å². The molecule has 8 heteroatoms. The van der Waals surface area contributed by atoms with Crippen LogP contribution in [0.15, 0.2) is 23.1 Å². The molecule has 2 saturated heterocycles. The van der Waals surface area contributed by atoms with E-state index in [-0.39, 0.29) is 23.7 Å². The second kappa shape index (κ2) is 6.05. The second-order valence-corrected chi connectivity index (χ2v) is 7.93. The van der Waals surface area contributed by atoms with E-state index in [0.717, 1.165) is 19.0 Å². The molecule has 0 N–H and O–H groups in total. The number of rotatable bonds is 2. The molecule has 0 bridgehead atoms. The number of sulfonamides is 1. The van der Waals surface area contributed by atoms with Crippen molar-refractivity contribution in [2.24, 2.45) is 0 Å². The fourth-order valence-corrected chi connectivity index (χ4v) is 5.34. The van der Waals surface area contributed by atoms with Crippen LogP contribution in [0.5, 0.6) is 0 Å². The smallest absolute Gasteiger partial charge is 0.247 e. The molecule has 3 rings (SSSR count). The summed E-state index contributed by atoms with van der Waals surface area (Å²) in [4.78, 5) is 1.62. The number of hydrogen-bond donors (Lipinski definition) is 0. The van der Waals surface area contributed by atoms with Gasteiger partial charge < -0.3 is 9.64 Å². The minimum absolute atomic E-state index is 0.0906. The highest BCUT2D eigenvalue weighted by Crippen LogP contribution is 2.32. The van der Waals surface area contributed by atoms with Gasteiger partial charge in [-0.25, -0.2) is 12.8 Å². The number of fused-ring (bicyclic) bond motifs is 1. The molecule has 22 heavy (non-hydrogen) atoms. The lowest BCUT2D eigenvalue weighted by Crippen LogP contribution is -2.60. The summed E-state index contributed by atoms with van der Waals surface area (Å²) in [5.41, 5.74) is 0. The Hall–Kier alpha value is -0.730. The van der Waals surface area contributed by atoms with Gasteiger partial charge in [-0.2, -0.15) is 4.31 Å². The van der Waals surface area contributed by atoms with Crippen LogP contribution in [-0.4, -0.2) is 63.1 Å². The third kappa shape index (κ3) is 2.76. The largest absolute Gasteiger partial charge is 0.375 e. The fourth-order valence-electron chi connectivity index (χ4n) is 3.14. The molecule has 2 atom stereocenters. The van der Waals surface area contributed by atoms with Crippen molar-refractivity contribution >= 4 is 21.6 Å². The Morgan fingerprint density at radius 3 is 2.86 bits per heavy atom. The molecule has 0 aromatic heterocycles. The Kier molecular flexibility index (Phi) is 4.44. The Morgan fingerprint density at radius 2 is 2.14 bits per heavy atom. The maximum atomic E-state index is 14.1. The van der Waals surface area contributed by atoms with Gasteiger partial charge in [-0.05, 0) is 25.6 Å². The summed E-state index contributed by atoms with van der Waals surface area (Å²) < 4.78 is 46.9. The summed E-state index contributed by atoms with van der Waals surface area (Å²) in [5.74, 6) is -0.820. The maximum absolute atomic E-state index is 14.1. The minimum Gasteiger partial charge on any atom is -0.375 e. The highest BCUT2D eigenvalue weighted by atomic mass is 35.5. The van der Waals surface area contributed by atoms with Crippen LogP contribution >= 0.6 is 11.6 Å². The van der Waals surface area contributed by atoms with Gasteiger partial charge in [0, 0.05) is 19.6 Å². The number of halogens is 2. The summed E-state index contributed by atoms with van der Waals surface area (Å²) in [5, 5.41) is -0.0906. The van der Waals surface area contributed by atoms with Crippen LogP contribution in [0, 0.1) is 5.82 Å². The molecule has 2 aliphatic heterocycles. The lowest BCUT2D eigenvalue weighted by molar-refractivity contribution is -0.0720. The van der Waals surface area contributed by atoms with Gasteiger partial charge in [-0.3, -0.25) is 0 Å². The third-order valence-electron chi connectivity index (χ3n) is 4.22. The predicted molar refractivity (Wildman–Crippen MR) is 80.9 cm³/mol. The molecule has 1 aromatic carbocycles. The fraction of sp³-hybridized carbons (Fsp3) is 0.571. The molecule has 5 nitrogen and oxygen atoms in total. The first kappa shape index (κ1) is 16.1. The van der Waals surface area contributed by atoms with E-state index in [4.69, 9.17) is 16.3 Å². The lowest BCUT2D eigenvalue weighted by Gasteiger charge is -2.45. The van der Waals surface area contributed by atoms with E-state index in [0.29, 0.717) is 13.2 Å². The van der Waals surface area contributed by atoms with E-state index in [2.05, 4.69) is 4.90 Å². The zero-order chi connectivity index (χ0) is 15.9. The molecule has 2 fully saturated rings. The monoisotopic (exact) mass is 348 g/mol. The van der Waals surface area contributed by atoms with E-state index >= 15 is 0 Å². The van der Waals surface area contributed by atoms with Gasteiger partial charge in [0.2, 0.25) is 10.0 Å². The highest BCUT2D eigenvalue weighted by molar-refractivity contribution is 7.89. The zero-order valence-electron chi connectivity index (χ0n) is 12.2. The molecule has 1 aromatic rings. The van der Waals surface area contributed by atoms with Crippen molar-refractivity contribution in [3.8, 4) is 0 Å². The van der Waals surface area contributed by atoms with E-state index in [9.17, 15) is 12.8 Å². The summed E-state index contributed by atoms with van der Waals surface area (Å²) >= 11 is 5.95. The lowest BCUT2D eigenvalue weighted by atomic mass is 10.0. The van der Waals surface area contributed by atoms with Crippen molar-refractivity contribution in [3.63, 3.8) is 0 Å². The van der Waals surface area contributed by atoms with Crippen LogP contribution in [0.1, 0.15) is 6.42 Å². The topological polar surface area (TPSA) is 49.9 Å². The Balaban J connectivity index is 2.00. The maximum Gasteiger partial charge on any atom is 0.247 e. The minimum atomic E-state index is -4.00. The molecule has 2 aliphatic rings. The molecule has 2 heterocycles. The highest BCUT2D eigenvalue weighted by Gasteiger charge is 2.43. The standard InChI is InChI=1S/C14H18ClFN2O3S/c1-17-6-5-13-12(9-17)18(7-8-21-13)22(19,20)14-10(15)3-2-4-11(14)16/h2-4,12-13H,5-9H2,1H3/t12-,13+/m1/s1. The number of morpholine rings is 1. The normalized spacial score (nSPS) is 27.6. The van der Waals surface area contributed by atoms with Crippen LogP contribution in [0.4, 0.5) is 4.39 Å². The number of ether oxygens (including phenoxy) is 1. The van der Waals surface area contributed by atoms with E-state index in [1.54, 1.807) is 0 Å². The molecule has 0 amide bonds. The van der Waals surface area contributed by atoms with Gasteiger partial charge in [0.15, 0.2) is 0 Å². The van der Waals surface area contributed by atoms with Gasteiger partial charge in [-0.15, -0.1) is 0 Å². The van der Waals surface area contributed by atoms with Crippen molar-refractivity contribution in [1.82, 2.24) is 9.21 Å². The van der Waals surface area contributed by atoms with Gasteiger partial charge in [0.1, 0.15) is 10.7 Å². The molecule has 0 unspecified atom stereocenters. The van der Waals surface area contributed by atoms with Crippen molar-refractivity contribution in [3.05, 3.63) is 29.0 Å². The van der Waals surface area contributed by atoms with Crippen molar-refractivity contribution < 1.29 is 17.5 Å². The summed E-state index contributed by atoms with van der Waals surface area (Å²) in [6.07, 6.45) is 0.614. The van der Waals surface area contributed by atoms with E-state index < -0.39 is 20.7 Å². The quantitative estimate of drug-likeness (QED) is 0.814. The van der Waals surface area contributed by atoms with Gasteiger partial charge in [-0.1, -0.05) is 17.7 Å². The summed E-state index contributed by atoms with van der Waals surface area (Å²) in [6.45, 7) is 1.95. The van der Waals surface area contributed by atoms with Crippen molar-refractivity contribution in [2.45, 2.75) is 23.5 Å². The van der Waals surface area contributed by atoms with Crippen LogP contribution in [0.2, 0.25) is 5.02 Å². The molecule has 122 valence electrons. The summed E-state index contributed by atoms with van der Waals surface area (Å²) in [6, 6.07) is 3.59. The number of benzene rings is 1. The third-order valence-corrected chi connectivity index (χ3v) is 6.65. The molecular weight excluding hydrogens is 331 g/mol. The SMILES string of the molecule is CN1CC[C@@H]2OCCN(S(=O)(=O)c3c(F)cccc3Cl)[C@@H]2C1. The van der Waals surface area contributed by atoms with Gasteiger partial charge in [0.25, 0.3) is 0 Å². The molecule has 0 saturated carbocycles. The van der Waals surface area contributed by atoms with E-state index in [1.165, 1.54) is 16.4 Å². The molecular formula is C14H18ClFN2O3S. The first-order valence-electron chi connectivity index (χ1n) is 7.17. The number of nitrogens with zero attached hydrogens (tertiary/aromatic N) is 2. The average Bonchev–Trinajstić information content (AvgIpc) is 2.46. The number of likely N-dealkylation sites (N-methyl/N-ethyl adjacent to an activating group) is 1. The number of hydrogen-bond acceptors (Lipinski definition) is 4. The van der Waals surface area contributed by atoms with Crippen LogP contribution in [0.25, 0.3) is 0 Å². The van der Waals surface area contributed by atoms with Crippen molar-refractivity contribution in [2.75, 3.05) is 33.3 Å². The predicted octanol–water partition coefficient (Wildman–Crippen LogP) is 1.57. The molecule has 0 spiro atoms. The van der Waals surface area contributed by atoms with Crippen LogP contribution in [-0.2, 0) is 14.8 Å².